The zero-order valence-corrected chi connectivity index (χ0v) is 8.24. The normalized spacial score (nSPS) is 22.7. The van der Waals surface area contributed by atoms with E-state index in [1.54, 1.807) is 12.5 Å². The van der Waals surface area contributed by atoms with E-state index >= 15 is 0 Å². The molecule has 1 saturated heterocycles. The summed E-state index contributed by atoms with van der Waals surface area (Å²) in [5.74, 6) is 0.925. The third-order valence-corrected chi connectivity index (χ3v) is 2.48. The van der Waals surface area contributed by atoms with Crippen molar-refractivity contribution in [1.82, 2.24) is 15.3 Å². The van der Waals surface area contributed by atoms with Gasteiger partial charge in [-0.3, -0.25) is 0 Å². The number of hydrogen-bond donors (Lipinski definition) is 2. The minimum Gasteiger partial charge on any atom is -0.366 e. The molecule has 2 heterocycles. The summed E-state index contributed by atoms with van der Waals surface area (Å²) < 4.78 is 0. The van der Waals surface area contributed by atoms with E-state index in [9.17, 15) is 0 Å². The quantitative estimate of drug-likeness (QED) is 0.735. The third kappa shape index (κ3) is 2.67. The van der Waals surface area contributed by atoms with Crippen molar-refractivity contribution in [2.75, 3.05) is 18.4 Å². The molecule has 1 aromatic rings. The van der Waals surface area contributed by atoms with Crippen molar-refractivity contribution in [2.24, 2.45) is 0 Å². The van der Waals surface area contributed by atoms with E-state index in [0.29, 0.717) is 6.04 Å². The average Bonchev–Trinajstić information content (AvgIpc) is 2.48. The van der Waals surface area contributed by atoms with Crippen molar-refractivity contribution in [2.45, 2.75) is 25.3 Å². The Morgan fingerprint density at radius 3 is 3.29 bits per heavy atom. The maximum absolute atomic E-state index is 4.15. The van der Waals surface area contributed by atoms with Crippen LogP contribution in [0.1, 0.15) is 19.3 Å². The monoisotopic (exact) mass is 192 g/mol. The molecule has 4 nitrogen and oxygen atoms in total. The molecule has 0 aromatic carbocycles. The van der Waals surface area contributed by atoms with Gasteiger partial charge in [-0.25, -0.2) is 9.97 Å². The first-order valence-corrected chi connectivity index (χ1v) is 5.18. The zero-order chi connectivity index (χ0) is 9.64. The van der Waals surface area contributed by atoms with Crippen LogP contribution in [0.2, 0.25) is 0 Å². The molecule has 1 fully saturated rings. The molecule has 0 saturated carbocycles. The van der Waals surface area contributed by atoms with Gasteiger partial charge >= 0.3 is 0 Å². The minimum atomic E-state index is 0.507. The van der Waals surface area contributed by atoms with Crippen LogP contribution in [0.5, 0.6) is 0 Å². The molecule has 1 aliphatic rings. The standard InChI is InChI=1S/C10H16N4/c1-2-5-11-7-9(3-1)14-10-4-6-12-8-13-10/h4,6,8-9,11H,1-3,5,7H2,(H,12,13,14). The predicted molar refractivity (Wildman–Crippen MR) is 56.2 cm³/mol. The molecule has 0 amide bonds. The first-order chi connectivity index (χ1) is 6.95. The van der Waals surface area contributed by atoms with Crippen LogP contribution >= 0.6 is 0 Å². The van der Waals surface area contributed by atoms with Crippen LogP contribution in [0.3, 0.4) is 0 Å². The molecular formula is C10H16N4. The van der Waals surface area contributed by atoms with E-state index < -0.39 is 0 Å². The van der Waals surface area contributed by atoms with E-state index in [1.165, 1.54) is 19.3 Å². The topological polar surface area (TPSA) is 49.8 Å². The number of aromatic nitrogens is 2. The Kier molecular flexibility index (Phi) is 3.29. The highest BCUT2D eigenvalue weighted by Crippen LogP contribution is 2.09. The van der Waals surface area contributed by atoms with Crippen molar-refractivity contribution >= 4 is 5.82 Å². The maximum atomic E-state index is 4.15. The Bertz CT molecular complexity index is 254. The lowest BCUT2D eigenvalue weighted by Gasteiger charge is -2.16. The molecule has 0 radical (unpaired) electrons. The molecule has 0 bridgehead atoms. The van der Waals surface area contributed by atoms with Crippen LogP contribution in [0.4, 0.5) is 5.82 Å². The third-order valence-electron chi connectivity index (χ3n) is 2.48. The fourth-order valence-corrected chi connectivity index (χ4v) is 1.73. The van der Waals surface area contributed by atoms with Crippen molar-refractivity contribution < 1.29 is 0 Å². The molecule has 2 rings (SSSR count). The van der Waals surface area contributed by atoms with Gasteiger partial charge in [-0.1, -0.05) is 6.42 Å². The smallest absolute Gasteiger partial charge is 0.129 e. The van der Waals surface area contributed by atoms with Gasteiger partial charge in [-0.15, -0.1) is 0 Å². The lowest BCUT2D eigenvalue weighted by Crippen LogP contribution is -2.31. The van der Waals surface area contributed by atoms with Crippen molar-refractivity contribution in [3.8, 4) is 0 Å². The largest absolute Gasteiger partial charge is 0.366 e. The molecule has 0 spiro atoms. The second-order valence-electron chi connectivity index (χ2n) is 3.64. The Labute approximate surface area is 84.2 Å². The maximum Gasteiger partial charge on any atom is 0.129 e. The summed E-state index contributed by atoms with van der Waals surface area (Å²) in [7, 11) is 0. The Morgan fingerprint density at radius 2 is 2.43 bits per heavy atom. The van der Waals surface area contributed by atoms with Gasteiger partial charge in [-0.2, -0.15) is 0 Å². The average molecular weight is 192 g/mol. The fourth-order valence-electron chi connectivity index (χ4n) is 1.73. The summed E-state index contributed by atoms with van der Waals surface area (Å²) >= 11 is 0. The second-order valence-corrected chi connectivity index (χ2v) is 3.64. The first-order valence-electron chi connectivity index (χ1n) is 5.18. The van der Waals surface area contributed by atoms with Gasteiger partial charge in [0.15, 0.2) is 0 Å². The summed E-state index contributed by atoms with van der Waals surface area (Å²) in [6.45, 7) is 2.17. The summed E-state index contributed by atoms with van der Waals surface area (Å²) in [4.78, 5) is 8.04. The van der Waals surface area contributed by atoms with E-state index in [-0.39, 0.29) is 0 Å². The van der Waals surface area contributed by atoms with Gasteiger partial charge in [0.25, 0.3) is 0 Å². The van der Waals surface area contributed by atoms with Crippen molar-refractivity contribution in [1.29, 1.82) is 0 Å². The van der Waals surface area contributed by atoms with Crippen LogP contribution in [-0.4, -0.2) is 29.1 Å². The Morgan fingerprint density at radius 1 is 1.43 bits per heavy atom. The fraction of sp³-hybridized carbons (Fsp3) is 0.600. The number of anilines is 1. The summed E-state index contributed by atoms with van der Waals surface area (Å²) in [6, 6.07) is 2.41. The van der Waals surface area contributed by atoms with E-state index in [0.717, 1.165) is 18.9 Å². The van der Waals surface area contributed by atoms with Crippen molar-refractivity contribution in [3.05, 3.63) is 18.6 Å². The van der Waals surface area contributed by atoms with E-state index in [4.69, 9.17) is 0 Å². The highest BCUT2D eigenvalue weighted by molar-refractivity contribution is 5.33. The number of nitrogens with zero attached hydrogens (tertiary/aromatic N) is 2. The number of nitrogens with one attached hydrogen (secondary N) is 2. The lowest BCUT2D eigenvalue weighted by atomic mass is 10.1. The van der Waals surface area contributed by atoms with Crippen LogP contribution in [-0.2, 0) is 0 Å². The molecule has 76 valence electrons. The number of hydrogen-bond acceptors (Lipinski definition) is 4. The number of rotatable bonds is 2. The van der Waals surface area contributed by atoms with Gasteiger partial charge in [0.05, 0.1) is 0 Å². The molecule has 1 aliphatic heterocycles. The highest BCUT2D eigenvalue weighted by atomic mass is 15.1. The molecule has 1 unspecified atom stereocenters. The Balaban J connectivity index is 1.90. The molecule has 0 aliphatic carbocycles. The molecule has 14 heavy (non-hydrogen) atoms. The van der Waals surface area contributed by atoms with E-state index in [2.05, 4.69) is 20.6 Å². The Hall–Kier alpha value is -1.16. The van der Waals surface area contributed by atoms with Gasteiger partial charge in [0, 0.05) is 18.8 Å². The minimum absolute atomic E-state index is 0.507. The predicted octanol–water partition coefficient (Wildman–Crippen LogP) is 1.03. The van der Waals surface area contributed by atoms with Gasteiger partial charge < -0.3 is 10.6 Å². The van der Waals surface area contributed by atoms with Crippen LogP contribution in [0, 0.1) is 0 Å². The van der Waals surface area contributed by atoms with Crippen LogP contribution < -0.4 is 10.6 Å². The lowest BCUT2D eigenvalue weighted by molar-refractivity contribution is 0.633. The first kappa shape index (κ1) is 9.40. The van der Waals surface area contributed by atoms with E-state index in [1.807, 2.05) is 6.07 Å². The molecule has 1 atom stereocenters. The molecule has 4 heteroatoms. The summed E-state index contributed by atoms with van der Waals surface area (Å²) in [5.41, 5.74) is 0. The van der Waals surface area contributed by atoms with Crippen molar-refractivity contribution in [3.63, 3.8) is 0 Å². The summed E-state index contributed by atoms with van der Waals surface area (Å²) in [5, 5.41) is 6.82. The van der Waals surface area contributed by atoms with Gasteiger partial charge in [-0.05, 0) is 25.5 Å². The van der Waals surface area contributed by atoms with Crippen LogP contribution in [0.25, 0.3) is 0 Å². The molecule has 2 N–H and O–H groups in total. The zero-order valence-electron chi connectivity index (χ0n) is 8.24. The summed E-state index contributed by atoms with van der Waals surface area (Å²) in [6.07, 6.45) is 7.13. The van der Waals surface area contributed by atoms with Gasteiger partial charge in [0.2, 0.25) is 0 Å². The molecular weight excluding hydrogens is 176 g/mol. The highest BCUT2D eigenvalue weighted by Gasteiger charge is 2.11. The second kappa shape index (κ2) is 4.91. The van der Waals surface area contributed by atoms with Gasteiger partial charge in [0.1, 0.15) is 12.1 Å². The SMILES string of the molecule is c1cc(NC2CCCCNC2)ncn1. The molecule has 1 aromatic heterocycles. The van der Waals surface area contributed by atoms with Crippen LogP contribution in [0.15, 0.2) is 18.6 Å².